The second kappa shape index (κ2) is 20.2. The summed E-state index contributed by atoms with van der Waals surface area (Å²) in [6, 6.07) is 5.82. The number of unbranched alkanes of at least 4 members (excludes halogenated alkanes) is 2. The number of terminal acetylenes is 1. The number of ether oxygens (including phenoxy) is 1. The number of hydrogen-bond donors (Lipinski definition) is 0. The number of benzene rings is 1. The topological polar surface area (TPSA) is 108 Å². The Morgan fingerprint density at radius 3 is 1.47 bits per heavy atom. The van der Waals surface area contributed by atoms with Crippen LogP contribution in [0.5, 0.6) is 0 Å². The predicted octanol–water partition coefficient (Wildman–Crippen LogP) is 5.68. The van der Waals surface area contributed by atoms with Crippen LogP contribution in [-0.4, -0.2) is 107 Å². The summed E-state index contributed by atoms with van der Waals surface area (Å²) in [5, 5.41) is 0. The van der Waals surface area contributed by atoms with Crippen LogP contribution in [0.15, 0.2) is 30.3 Å². The Morgan fingerprint density at radius 1 is 0.667 bits per heavy atom. The van der Waals surface area contributed by atoms with Gasteiger partial charge in [-0.05, 0) is 56.9 Å². The Kier molecular flexibility index (Phi) is 17.9. The molecule has 0 aromatic heterocycles. The van der Waals surface area contributed by atoms with Gasteiger partial charge in [-0.15, -0.1) is 12.3 Å². The van der Waals surface area contributed by atoms with Crippen molar-refractivity contribution in [2.75, 3.05) is 28.2 Å². The van der Waals surface area contributed by atoms with E-state index in [0.717, 1.165) is 18.4 Å². The molecule has 0 aliphatic rings. The van der Waals surface area contributed by atoms with Gasteiger partial charge in [-0.3, -0.25) is 19.2 Å². The van der Waals surface area contributed by atoms with Gasteiger partial charge in [0.15, 0.2) is 0 Å². The molecule has 0 saturated heterocycles. The third-order valence-corrected chi connectivity index (χ3v) is 9.34. The van der Waals surface area contributed by atoms with Crippen LogP contribution in [0.2, 0.25) is 0 Å². The van der Waals surface area contributed by atoms with Gasteiger partial charge < -0.3 is 24.3 Å². The van der Waals surface area contributed by atoms with E-state index in [1.54, 1.807) is 49.0 Å². The first-order valence-electron chi connectivity index (χ1n) is 18.4. The summed E-state index contributed by atoms with van der Waals surface area (Å²) >= 11 is 0. The Hall–Kier alpha value is -3.87. The molecule has 4 amide bonds. The zero-order chi connectivity index (χ0) is 39.4. The molecule has 1 aromatic rings. The average Bonchev–Trinajstić information content (AvgIpc) is 3.03. The fourth-order valence-electron chi connectivity index (χ4n) is 6.62. The lowest BCUT2D eigenvalue weighted by atomic mass is 9.94. The highest BCUT2D eigenvalue weighted by Crippen LogP contribution is 2.24. The standard InChI is InChI=1S/C41H66N4O6/c1-16-17-18-20-23-30(8)36(46)43(13)34(28(4)5)38(48)45(15)35(29(6)7)39(49)44(14)33(27(2)3)37(47)42(12)32(40(50)51-41(9,10)11)26-31-24-21-19-22-25-31/h1,19,21-22,24-25,27-30,32-35H,17-18,20,23,26H2,2-15H3/t30-,32+,33+,34+,35+/m1/s1. The molecule has 10 nitrogen and oxygen atoms in total. The smallest absolute Gasteiger partial charge is 0.329 e. The van der Waals surface area contributed by atoms with Crippen LogP contribution < -0.4 is 0 Å². The molecule has 0 unspecified atom stereocenters. The van der Waals surface area contributed by atoms with E-state index >= 15 is 0 Å². The molecular formula is C41H66N4O6. The first-order chi connectivity index (χ1) is 23.6. The quantitative estimate of drug-likeness (QED) is 0.110. The van der Waals surface area contributed by atoms with Gasteiger partial charge in [0.25, 0.3) is 0 Å². The second-order valence-electron chi connectivity index (χ2n) is 16.0. The molecule has 0 radical (unpaired) electrons. The first-order valence-corrected chi connectivity index (χ1v) is 18.4. The SMILES string of the molecule is C#CCCCC[C@@H](C)C(=O)N(C)[C@H](C(=O)N(C)[C@H](C(=O)N(C)[C@H](C(=O)N(C)[C@@H](Cc1ccccc1)C(=O)OC(C)(C)C)C(C)C)C(C)C)C(C)C. The molecule has 286 valence electrons. The number of rotatable bonds is 18. The van der Waals surface area contributed by atoms with E-state index < -0.39 is 47.6 Å². The van der Waals surface area contributed by atoms with E-state index in [2.05, 4.69) is 5.92 Å². The van der Waals surface area contributed by atoms with Crippen LogP contribution in [0.1, 0.15) is 100 Å². The summed E-state index contributed by atoms with van der Waals surface area (Å²) in [5.74, 6) is -0.370. The van der Waals surface area contributed by atoms with E-state index in [1.807, 2.05) is 78.8 Å². The van der Waals surface area contributed by atoms with Crippen LogP contribution in [0.25, 0.3) is 0 Å². The third kappa shape index (κ3) is 13.0. The minimum atomic E-state index is -0.937. The molecule has 0 spiro atoms. The van der Waals surface area contributed by atoms with E-state index in [-0.39, 0.29) is 41.9 Å². The van der Waals surface area contributed by atoms with Gasteiger partial charge in [0.05, 0.1) is 0 Å². The Bertz CT molecular complexity index is 1350. The number of carbonyl (C=O) groups is 5. The van der Waals surface area contributed by atoms with Crippen LogP contribution in [0, 0.1) is 36.0 Å². The number of esters is 1. The van der Waals surface area contributed by atoms with Gasteiger partial charge in [-0.1, -0.05) is 85.2 Å². The Labute approximate surface area is 308 Å². The zero-order valence-electron chi connectivity index (χ0n) is 33.9. The molecule has 51 heavy (non-hydrogen) atoms. The summed E-state index contributed by atoms with van der Waals surface area (Å²) in [6.45, 7) is 18.4. The Balaban J connectivity index is 3.42. The first kappa shape index (κ1) is 45.2. The lowest BCUT2D eigenvalue weighted by Gasteiger charge is -2.41. The van der Waals surface area contributed by atoms with Crippen LogP contribution in [-0.2, 0) is 35.1 Å². The maximum atomic E-state index is 14.4. The fourth-order valence-corrected chi connectivity index (χ4v) is 6.62. The van der Waals surface area contributed by atoms with E-state index in [1.165, 1.54) is 19.6 Å². The number of nitrogens with zero attached hydrogens (tertiary/aromatic N) is 4. The number of amides is 4. The summed E-state index contributed by atoms with van der Waals surface area (Å²) in [6.07, 6.45) is 8.58. The van der Waals surface area contributed by atoms with Crippen molar-refractivity contribution in [2.24, 2.45) is 23.7 Å². The highest BCUT2D eigenvalue weighted by atomic mass is 16.6. The van der Waals surface area contributed by atoms with Gasteiger partial charge in [-0.25, -0.2) is 4.79 Å². The van der Waals surface area contributed by atoms with Gasteiger partial charge in [0, 0.05) is 47.0 Å². The number of carbonyl (C=O) groups excluding carboxylic acids is 5. The molecule has 0 heterocycles. The van der Waals surface area contributed by atoms with Gasteiger partial charge >= 0.3 is 5.97 Å². The van der Waals surface area contributed by atoms with Gasteiger partial charge in [-0.2, -0.15) is 0 Å². The van der Waals surface area contributed by atoms with Gasteiger partial charge in [0.2, 0.25) is 23.6 Å². The monoisotopic (exact) mass is 710 g/mol. The highest BCUT2D eigenvalue weighted by molar-refractivity contribution is 5.95. The molecular weight excluding hydrogens is 644 g/mol. The highest BCUT2D eigenvalue weighted by Gasteiger charge is 2.43. The lowest BCUT2D eigenvalue weighted by molar-refractivity contribution is -0.166. The molecule has 5 atom stereocenters. The average molecular weight is 711 g/mol. The molecule has 1 rings (SSSR count). The summed E-state index contributed by atoms with van der Waals surface area (Å²) in [4.78, 5) is 75.8. The summed E-state index contributed by atoms with van der Waals surface area (Å²) in [7, 11) is 6.38. The number of likely N-dealkylation sites (N-methyl/N-ethyl adjacent to an activating group) is 4. The van der Waals surface area contributed by atoms with Crippen LogP contribution in [0.3, 0.4) is 0 Å². The molecule has 0 saturated carbocycles. The molecule has 0 fully saturated rings. The minimum Gasteiger partial charge on any atom is -0.458 e. The second-order valence-corrected chi connectivity index (χ2v) is 16.0. The van der Waals surface area contributed by atoms with Gasteiger partial charge in [0.1, 0.15) is 29.8 Å². The maximum Gasteiger partial charge on any atom is 0.329 e. The molecule has 0 aliphatic carbocycles. The minimum absolute atomic E-state index is 0.135. The summed E-state index contributed by atoms with van der Waals surface area (Å²) in [5.41, 5.74) is 0.0917. The maximum absolute atomic E-state index is 14.4. The van der Waals surface area contributed by atoms with E-state index in [4.69, 9.17) is 11.2 Å². The molecule has 0 N–H and O–H groups in total. The summed E-state index contributed by atoms with van der Waals surface area (Å²) < 4.78 is 5.75. The van der Waals surface area contributed by atoms with Crippen molar-refractivity contribution in [1.29, 1.82) is 0 Å². The largest absolute Gasteiger partial charge is 0.458 e. The van der Waals surface area contributed by atoms with Crippen molar-refractivity contribution in [3.8, 4) is 12.3 Å². The normalized spacial score (nSPS) is 14.6. The Morgan fingerprint density at radius 2 is 1.08 bits per heavy atom. The predicted molar refractivity (Wildman–Crippen MR) is 203 cm³/mol. The van der Waals surface area contributed by atoms with Crippen molar-refractivity contribution >= 4 is 29.6 Å². The van der Waals surface area contributed by atoms with Crippen LogP contribution in [0.4, 0.5) is 0 Å². The van der Waals surface area contributed by atoms with Crippen molar-refractivity contribution in [3.63, 3.8) is 0 Å². The van der Waals surface area contributed by atoms with E-state index in [9.17, 15) is 24.0 Å². The molecule has 1 aromatic carbocycles. The fraction of sp³-hybridized carbons (Fsp3) is 0.683. The molecule has 10 heteroatoms. The van der Waals surface area contributed by atoms with Crippen molar-refractivity contribution < 1.29 is 28.7 Å². The third-order valence-electron chi connectivity index (χ3n) is 9.34. The molecule has 0 bridgehead atoms. The van der Waals surface area contributed by atoms with Crippen molar-refractivity contribution in [3.05, 3.63) is 35.9 Å². The number of hydrogen-bond acceptors (Lipinski definition) is 6. The lowest BCUT2D eigenvalue weighted by Crippen LogP contribution is -2.61. The molecule has 0 aliphatic heterocycles. The van der Waals surface area contributed by atoms with Crippen molar-refractivity contribution in [1.82, 2.24) is 19.6 Å². The van der Waals surface area contributed by atoms with E-state index in [0.29, 0.717) is 12.8 Å². The van der Waals surface area contributed by atoms with Crippen molar-refractivity contribution in [2.45, 2.75) is 131 Å². The zero-order valence-corrected chi connectivity index (χ0v) is 33.9. The van der Waals surface area contributed by atoms with Crippen LogP contribution >= 0.6 is 0 Å².